The number of anilines is 1. The van der Waals surface area contributed by atoms with Gasteiger partial charge in [0.1, 0.15) is 0 Å². The summed E-state index contributed by atoms with van der Waals surface area (Å²) in [5.41, 5.74) is 0.624. The second-order valence-electron chi connectivity index (χ2n) is 3.86. The van der Waals surface area contributed by atoms with Crippen molar-refractivity contribution in [2.75, 3.05) is 11.4 Å². The van der Waals surface area contributed by atoms with Gasteiger partial charge in [0, 0.05) is 6.04 Å². The first-order valence-corrected chi connectivity index (χ1v) is 4.95. The molecular formula is C11H13F2NO. The van der Waals surface area contributed by atoms with Crippen LogP contribution in [0, 0.1) is 5.82 Å². The Bertz CT molecular complexity index is 368. The van der Waals surface area contributed by atoms with Crippen LogP contribution in [0.15, 0.2) is 18.2 Å². The Hall–Kier alpha value is -1.32. The van der Waals surface area contributed by atoms with Gasteiger partial charge in [-0.3, -0.25) is 0 Å². The quantitative estimate of drug-likeness (QED) is 0.711. The van der Waals surface area contributed by atoms with E-state index in [1.165, 1.54) is 6.07 Å². The molecule has 15 heavy (non-hydrogen) atoms. The number of hydrogen-bond acceptors (Lipinski definition) is 2. The van der Waals surface area contributed by atoms with Crippen LogP contribution in [0.1, 0.15) is 13.8 Å². The molecular weight excluding hydrogens is 200 g/mol. The van der Waals surface area contributed by atoms with Gasteiger partial charge in [-0.2, -0.15) is 4.39 Å². The normalized spacial score (nSPS) is 20.1. The van der Waals surface area contributed by atoms with Crippen LogP contribution < -0.4 is 9.64 Å². The van der Waals surface area contributed by atoms with E-state index in [9.17, 15) is 8.78 Å². The van der Waals surface area contributed by atoms with Crippen molar-refractivity contribution in [1.82, 2.24) is 0 Å². The minimum absolute atomic E-state index is 0.0185. The predicted molar refractivity (Wildman–Crippen MR) is 54.4 cm³/mol. The predicted octanol–water partition coefficient (Wildman–Crippen LogP) is 2.73. The minimum atomic E-state index is -1.46. The Balaban J connectivity index is 2.46. The van der Waals surface area contributed by atoms with Crippen LogP contribution >= 0.6 is 0 Å². The highest BCUT2D eigenvalue weighted by atomic mass is 19.1. The van der Waals surface area contributed by atoms with E-state index >= 15 is 0 Å². The molecule has 0 amide bonds. The average molecular weight is 213 g/mol. The molecule has 1 aliphatic rings. The standard InChI is InChI=1S/C11H13F2NO/c1-7(2)14-6-10(13)15-11-8(12)4-3-5-9(11)14/h3-5,7,10H,6H2,1-2H3. The summed E-state index contributed by atoms with van der Waals surface area (Å²) in [5, 5.41) is 0. The van der Waals surface area contributed by atoms with Gasteiger partial charge in [0.2, 0.25) is 0 Å². The molecule has 2 rings (SSSR count). The summed E-state index contributed by atoms with van der Waals surface area (Å²) in [5.74, 6) is -0.495. The van der Waals surface area contributed by atoms with E-state index in [1.54, 1.807) is 17.0 Å². The summed E-state index contributed by atoms with van der Waals surface area (Å²) in [4.78, 5) is 1.80. The summed E-state index contributed by atoms with van der Waals surface area (Å²) >= 11 is 0. The number of ether oxygens (including phenoxy) is 1. The average Bonchev–Trinajstić information content (AvgIpc) is 2.18. The molecule has 0 N–H and O–H groups in total. The molecule has 1 heterocycles. The Morgan fingerprint density at radius 1 is 1.47 bits per heavy atom. The summed E-state index contributed by atoms with van der Waals surface area (Å²) < 4.78 is 31.4. The molecule has 1 aromatic carbocycles. The topological polar surface area (TPSA) is 12.5 Å². The van der Waals surface area contributed by atoms with Crippen LogP contribution in [0.25, 0.3) is 0 Å². The Morgan fingerprint density at radius 3 is 2.87 bits per heavy atom. The van der Waals surface area contributed by atoms with Crippen LogP contribution in [0.4, 0.5) is 14.5 Å². The second-order valence-corrected chi connectivity index (χ2v) is 3.86. The fourth-order valence-electron chi connectivity index (χ4n) is 1.75. The molecule has 0 fully saturated rings. The number of rotatable bonds is 1. The number of hydrogen-bond donors (Lipinski definition) is 0. The number of fused-ring (bicyclic) bond motifs is 1. The molecule has 0 aromatic heterocycles. The molecule has 0 saturated heterocycles. The Morgan fingerprint density at radius 2 is 2.20 bits per heavy atom. The smallest absolute Gasteiger partial charge is 0.256 e. The van der Waals surface area contributed by atoms with Crippen molar-refractivity contribution in [3.8, 4) is 5.75 Å². The van der Waals surface area contributed by atoms with Crippen molar-refractivity contribution >= 4 is 5.69 Å². The maximum atomic E-state index is 13.4. The molecule has 82 valence electrons. The molecule has 1 aliphatic heterocycles. The van der Waals surface area contributed by atoms with Gasteiger partial charge in [0.25, 0.3) is 6.36 Å². The monoisotopic (exact) mass is 213 g/mol. The third kappa shape index (κ3) is 1.76. The summed E-state index contributed by atoms with van der Waals surface area (Å²) in [7, 11) is 0. The highest BCUT2D eigenvalue weighted by Gasteiger charge is 2.28. The van der Waals surface area contributed by atoms with Gasteiger partial charge in [0.15, 0.2) is 11.6 Å². The molecule has 1 unspecified atom stereocenters. The maximum Gasteiger partial charge on any atom is 0.256 e. The zero-order valence-electron chi connectivity index (χ0n) is 8.71. The van der Waals surface area contributed by atoms with E-state index in [4.69, 9.17) is 4.74 Å². The van der Waals surface area contributed by atoms with Crippen LogP contribution in [-0.4, -0.2) is 18.9 Å². The molecule has 0 aliphatic carbocycles. The summed E-state index contributed by atoms with van der Waals surface area (Å²) in [6, 6.07) is 4.73. The lowest BCUT2D eigenvalue weighted by Crippen LogP contribution is -2.42. The van der Waals surface area contributed by atoms with E-state index < -0.39 is 12.2 Å². The third-order valence-electron chi connectivity index (χ3n) is 2.46. The highest BCUT2D eigenvalue weighted by Crippen LogP contribution is 2.36. The van der Waals surface area contributed by atoms with E-state index in [1.807, 2.05) is 13.8 Å². The van der Waals surface area contributed by atoms with Crippen LogP contribution in [-0.2, 0) is 0 Å². The number of halogens is 2. The number of nitrogens with zero attached hydrogens (tertiary/aromatic N) is 1. The van der Waals surface area contributed by atoms with E-state index in [0.717, 1.165) is 0 Å². The number of para-hydroxylation sites is 1. The van der Waals surface area contributed by atoms with Crippen LogP contribution in [0.5, 0.6) is 5.75 Å². The lowest BCUT2D eigenvalue weighted by atomic mass is 10.2. The van der Waals surface area contributed by atoms with Gasteiger partial charge < -0.3 is 9.64 Å². The fraction of sp³-hybridized carbons (Fsp3) is 0.455. The van der Waals surface area contributed by atoms with Crippen molar-refractivity contribution in [3.63, 3.8) is 0 Å². The van der Waals surface area contributed by atoms with E-state index in [0.29, 0.717) is 5.69 Å². The minimum Gasteiger partial charge on any atom is -0.453 e. The van der Waals surface area contributed by atoms with Crippen LogP contribution in [0.3, 0.4) is 0 Å². The molecule has 0 bridgehead atoms. The molecule has 4 heteroatoms. The molecule has 0 radical (unpaired) electrons. The lowest BCUT2D eigenvalue weighted by molar-refractivity contribution is 0.0591. The van der Waals surface area contributed by atoms with Crippen molar-refractivity contribution in [3.05, 3.63) is 24.0 Å². The van der Waals surface area contributed by atoms with Crippen molar-refractivity contribution in [2.24, 2.45) is 0 Å². The van der Waals surface area contributed by atoms with E-state index in [2.05, 4.69) is 0 Å². The van der Waals surface area contributed by atoms with Crippen molar-refractivity contribution < 1.29 is 13.5 Å². The zero-order chi connectivity index (χ0) is 11.0. The largest absolute Gasteiger partial charge is 0.453 e. The summed E-state index contributed by atoms with van der Waals surface area (Å²) in [6.07, 6.45) is -1.46. The van der Waals surface area contributed by atoms with Crippen LogP contribution in [0.2, 0.25) is 0 Å². The van der Waals surface area contributed by atoms with Crippen molar-refractivity contribution in [2.45, 2.75) is 26.2 Å². The van der Waals surface area contributed by atoms with Crippen molar-refractivity contribution in [1.29, 1.82) is 0 Å². The number of benzene rings is 1. The van der Waals surface area contributed by atoms with Gasteiger partial charge in [-0.25, -0.2) is 4.39 Å². The molecule has 0 saturated carbocycles. The summed E-state index contributed by atoms with van der Waals surface area (Å²) in [6.45, 7) is 4.02. The SMILES string of the molecule is CC(C)N1CC(F)Oc2c(F)cccc21. The molecule has 0 spiro atoms. The van der Waals surface area contributed by atoms with E-state index in [-0.39, 0.29) is 18.3 Å². The molecule has 2 nitrogen and oxygen atoms in total. The second kappa shape index (κ2) is 3.68. The first-order chi connectivity index (χ1) is 7.09. The highest BCUT2D eigenvalue weighted by molar-refractivity contribution is 5.61. The Kier molecular flexibility index (Phi) is 2.50. The first kappa shape index (κ1) is 10.2. The van der Waals surface area contributed by atoms with Gasteiger partial charge in [-0.1, -0.05) is 6.07 Å². The zero-order valence-corrected chi connectivity index (χ0v) is 8.71. The molecule has 1 atom stereocenters. The fourth-order valence-corrected chi connectivity index (χ4v) is 1.75. The maximum absolute atomic E-state index is 13.4. The van der Waals surface area contributed by atoms with Gasteiger partial charge in [-0.15, -0.1) is 0 Å². The third-order valence-corrected chi connectivity index (χ3v) is 2.46. The lowest BCUT2D eigenvalue weighted by Gasteiger charge is -2.35. The number of alkyl halides is 1. The van der Waals surface area contributed by atoms with Gasteiger partial charge in [0.05, 0.1) is 12.2 Å². The van der Waals surface area contributed by atoms with Gasteiger partial charge in [-0.05, 0) is 26.0 Å². The first-order valence-electron chi connectivity index (χ1n) is 4.95. The Labute approximate surface area is 87.5 Å². The van der Waals surface area contributed by atoms with Gasteiger partial charge >= 0.3 is 0 Å². The molecule has 1 aromatic rings.